The highest BCUT2D eigenvalue weighted by Gasteiger charge is 2.23. The molecule has 0 aliphatic heterocycles. The van der Waals surface area contributed by atoms with Crippen LogP contribution < -0.4 is 4.74 Å². The highest BCUT2D eigenvalue weighted by Crippen LogP contribution is 2.30. The maximum absolute atomic E-state index is 8.96. The largest absolute Gasteiger partial charge is 0.490 e. The summed E-state index contributed by atoms with van der Waals surface area (Å²) in [5.41, 5.74) is 1.84. The van der Waals surface area contributed by atoms with E-state index >= 15 is 0 Å². The monoisotopic (exact) mass is 201 g/mol. The first-order valence-corrected chi connectivity index (χ1v) is 5.41. The van der Waals surface area contributed by atoms with Crippen LogP contribution in [0.3, 0.4) is 0 Å². The molecule has 0 heterocycles. The summed E-state index contributed by atoms with van der Waals surface area (Å²) in [5.74, 6) is 1.27. The zero-order chi connectivity index (χ0) is 10.8. The number of rotatable bonds is 3. The lowest BCUT2D eigenvalue weighted by molar-refractivity contribution is 0.303. The molecule has 0 spiro atoms. The summed E-state index contributed by atoms with van der Waals surface area (Å²) in [6, 6.07) is 7.96. The Bertz CT molecular complexity index is 399. The van der Waals surface area contributed by atoms with Gasteiger partial charge in [0.1, 0.15) is 5.75 Å². The van der Waals surface area contributed by atoms with Gasteiger partial charge in [-0.1, -0.05) is 13.8 Å². The Hall–Kier alpha value is -1.49. The summed E-state index contributed by atoms with van der Waals surface area (Å²) in [6.07, 6.45) is 2.74. The molecule has 2 rings (SSSR count). The molecule has 2 heteroatoms. The van der Waals surface area contributed by atoms with Gasteiger partial charge in [0, 0.05) is 0 Å². The van der Waals surface area contributed by atoms with Crippen LogP contribution in [0, 0.1) is 11.3 Å². The van der Waals surface area contributed by atoms with E-state index in [2.05, 4.69) is 19.9 Å². The van der Waals surface area contributed by atoms with Gasteiger partial charge in [0.25, 0.3) is 0 Å². The second-order valence-corrected chi connectivity index (χ2v) is 4.33. The van der Waals surface area contributed by atoms with Crippen LogP contribution in [0.25, 0.3) is 0 Å². The van der Waals surface area contributed by atoms with Crippen LogP contribution in [0.2, 0.25) is 0 Å². The summed E-state index contributed by atoms with van der Waals surface area (Å²) < 4.78 is 5.71. The predicted octanol–water partition coefficient (Wildman–Crippen LogP) is 3.22. The number of nitriles is 1. The van der Waals surface area contributed by atoms with Crippen LogP contribution in [0.15, 0.2) is 18.2 Å². The van der Waals surface area contributed by atoms with E-state index in [0.29, 0.717) is 12.0 Å². The fraction of sp³-hybridized carbons (Fsp3) is 0.462. The van der Waals surface area contributed by atoms with Gasteiger partial charge < -0.3 is 4.74 Å². The van der Waals surface area contributed by atoms with Gasteiger partial charge in [-0.2, -0.15) is 5.26 Å². The third kappa shape index (κ3) is 2.30. The fourth-order valence-electron chi connectivity index (χ4n) is 1.57. The summed E-state index contributed by atoms with van der Waals surface area (Å²) in [5, 5.41) is 8.96. The smallest absolute Gasteiger partial charge is 0.120 e. The normalized spacial score (nSPS) is 15.1. The Morgan fingerprint density at radius 1 is 1.40 bits per heavy atom. The van der Waals surface area contributed by atoms with E-state index in [1.165, 1.54) is 0 Å². The number of hydrogen-bond acceptors (Lipinski definition) is 2. The summed E-state index contributed by atoms with van der Waals surface area (Å²) in [7, 11) is 0. The van der Waals surface area contributed by atoms with E-state index in [1.54, 1.807) is 0 Å². The van der Waals surface area contributed by atoms with Crippen molar-refractivity contribution in [2.45, 2.75) is 38.7 Å². The molecule has 1 aromatic carbocycles. The minimum Gasteiger partial charge on any atom is -0.490 e. The van der Waals surface area contributed by atoms with E-state index in [1.807, 2.05) is 18.2 Å². The van der Waals surface area contributed by atoms with Crippen molar-refractivity contribution in [1.82, 2.24) is 0 Å². The van der Waals surface area contributed by atoms with E-state index in [4.69, 9.17) is 10.00 Å². The van der Waals surface area contributed by atoms with E-state index in [0.717, 1.165) is 29.7 Å². The van der Waals surface area contributed by atoms with Crippen LogP contribution in [0.1, 0.15) is 43.7 Å². The lowest BCUT2D eigenvalue weighted by Gasteiger charge is -2.11. The van der Waals surface area contributed by atoms with Gasteiger partial charge in [-0.05, 0) is 42.5 Å². The molecular formula is C13H15NO. The highest BCUT2D eigenvalue weighted by molar-refractivity contribution is 5.44. The molecule has 1 aromatic rings. The molecule has 0 bridgehead atoms. The molecule has 0 aromatic heterocycles. The molecule has 0 N–H and O–H groups in total. The standard InChI is InChI=1S/C13H15NO/c1-9(2)13-7-12(15-11-5-6-11)4-3-10(13)8-14/h3-4,7,9,11H,5-6H2,1-2H3. The highest BCUT2D eigenvalue weighted by atomic mass is 16.5. The van der Waals surface area contributed by atoms with Crippen molar-refractivity contribution in [3.8, 4) is 11.8 Å². The minimum absolute atomic E-state index is 0.363. The fourth-order valence-corrected chi connectivity index (χ4v) is 1.57. The van der Waals surface area contributed by atoms with Gasteiger partial charge in [-0.15, -0.1) is 0 Å². The number of hydrogen-bond donors (Lipinski definition) is 0. The van der Waals surface area contributed by atoms with Crippen molar-refractivity contribution in [2.24, 2.45) is 0 Å². The third-order valence-corrected chi connectivity index (χ3v) is 2.59. The molecule has 2 nitrogen and oxygen atoms in total. The first-order chi connectivity index (χ1) is 7.20. The van der Waals surface area contributed by atoms with Crippen LogP contribution in [0.5, 0.6) is 5.75 Å². The molecule has 0 amide bonds. The number of ether oxygens (including phenoxy) is 1. The molecule has 0 saturated heterocycles. The summed E-state index contributed by atoms with van der Waals surface area (Å²) >= 11 is 0. The van der Waals surface area contributed by atoms with E-state index < -0.39 is 0 Å². The topological polar surface area (TPSA) is 33.0 Å². The zero-order valence-corrected chi connectivity index (χ0v) is 9.16. The van der Waals surface area contributed by atoms with Crippen LogP contribution in [0.4, 0.5) is 0 Å². The molecule has 1 saturated carbocycles. The van der Waals surface area contributed by atoms with Crippen molar-refractivity contribution < 1.29 is 4.74 Å². The van der Waals surface area contributed by atoms with Gasteiger partial charge in [0.05, 0.1) is 17.7 Å². The van der Waals surface area contributed by atoms with Crippen molar-refractivity contribution in [1.29, 1.82) is 5.26 Å². The van der Waals surface area contributed by atoms with Gasteiger partial charge in [-0.25, -0.2) is 0 Å². The Labute approximate surface area is 90.5 Å². The molecule has 0 atom stereocenters. The second kappa shape index (κ2) is 3.94. The third-order valence-electron chi connectivity index (χ3n) is 2.59. The van der Waals surface area contributed by atoms with Crippen LogP contribution >= 0.6 is 0 Å². The predicted molar refractivity (Wildman–Crippen MR) is 58.9 cm³/mol. The zero-order valence-electron chi connectivity index (χ0n) is 9.16. The molecule has 1 aliphatic rings. The molecule has 1 aliphatic carbocycles. The average molecular weight is 201 g/mol. The molecule has 1 fully saturated rings. The van der Waals surface area contributed by atoms with E-state index in [-0.39, 0.29) is 0 Å². The number of benzene rings is 1. The lowest BCUT2D eigenvalue weighted by Crippen LogP contribution is -1.99. The van der Waals surface area contributed by atoms with Crippen LogP contribution in [-0.4, -0.2) is 6.10 Å². The van der Waals surface area contributed by atoms with E-state index in [9.17, 15) is 0 Å². The van der Waals surface area contributed by atoms with Gasteiger partial charge in [-0.3, -0.25) is 0 Å². The first-order valence-electron chi connectivity index (χ1n) is 5.41. The van der Waals surface area contributed by atoms with Crippen molar-refractivity contribution in [3.05, 3.63) is 29.3 Å². The molecule has 0 unspecified atom stereocenters. The SMILES string of the molecule is CC(C)c1cc(OC2CC2)ccc1C#N. The average Bonchev–Trinajstić information content (AvgIpc) is 3.01. The quantitative estimate of drug-likeness (QED) is 0.752. The lowest BCUT2D eigenvalue weighted by atomic mass is 9.98. The second-order valence-electron chi connectivity index (χ2n) is 4.33. The van der Waals surface area contributed by atoms with Crippen LogP contribution in [-0.2, 0) is 0 Å². The molecule has 0 radical (unpaired) electrons. The minimum atomic E-state index is 0.363. The molecular weight excluding hydrogens is 186 g/mol. The summed E-state index contributed by atoms with van der Waals surface area (Å²) in [4.78, 5) is 0. The van der Waals surface area contributed by atoms with Crippen molar-refractivity contribution >= 4 is 0 Å². The maximum Gasteiger partial charge on any atom is 0.120 e. The Kier molecular flexibility index (Phi) is 2.64. The van der Waals surface area contributed by atoms with Crippen molar-refractivity contribution in [3.63, 3.8) is 0 Å². The Balaban J connectivity index is 2.27. The van der Waals surface area contributed by atoms with Gasteiger partial charge in [0.2, 0.25) is 0 Å². The molecule has 15 heavy (non-hydrogen) atoms. The molecule has 78 valence electrons. The Morgan fingerprint density at radius 2 is 2.13 bits per heavy atom. The Morgan fingerprint density at radius 3 is 2.67 bits per heavy atom. The van der Waals surface area contributed by atoms with Gasteiger partial charge in [0.15, 0.2) is 0 Å². The summed E-state index contributed by atoms with van der Waals surface area (Å²) in [6.45, 7) is 4.19. The number of nitrogens with zero attached hydrogens (tertiary/aromatic N) is 1. The maximum atomic E-state index is 8.96. The first kappa shape index (κ1) is 10.0. The van der Waals surface area contributed by atoms with Gasteiger partial charge >= 0.3 is 0 Å². The van der Waals surface area contributed by atoms with Crippen molar-refractivity contribution in [2.75, 3.05) is 0 Å².